The third-order valence-electron chi connectivity index (χ3n) is 6.81. The van der Waals surface area contributed by atoms with Crippen LogP contribution in [-0.4, -0.2) is 44.1 Å². The van der Waals surface area contributed by atoms with E-state index in [9.17, 15) is 4.79 Å². The van der Waals surface area contributed by atoms with E-state index in [0.717, 1.165) is 70.3 Å². The SMILES string of the molecule is COc1cc2oc3c(c2cc1/C(C)=C/C(=O)N1CCN(c2cccc(Cl)c2)CC1)CCCC3. The number of halogens is 1. The Morgan fingerprint density at radius 1 is 1.09 bits per heavy atom. The van der Waals surface area contributed by atoms with Gasteiger partial charge in [-0.25, -0.2) is 0 Å². The third-order valence-corrected chi connectivity index (χ3v) is 7.04. The number of piperazine rings is 1. The predicted molar refractivity (Wildman–Crippen MR) is 133 cm³/mol. The molecule has 3 aromatic rings. The summed E-state index contributed by atoms with van der Waals surface area (Å²) in [7, 11) is 1.66. The molecule has 5 rings (SSSR count). The molecule has 0 N–H and O–H groups in total. The largest absolute Gasteiger partial charge is 0.496 e. The van der Waals surface area contributed by atoms with Crippen LogP contribution in [0, 0.1) is 0 Å². The second kappa shape index (κ2) is 9.14. The fraction of sp³-hybridized carbons (Fsp3) is 0.370. The normalized spacial score (nSPS) is 16.8. The van der Waals surface area contributed by atoms with Crippen molar-refractivity contribution in [3.63, 3.8) is 0 Å². The number of nitrogens with zero attached hydrogens (tertiary/aromatic N) is 2. The first kappa shape index (κ1) is 21.9. The van der Waals surface area contributed by atoms with Crippen LogP contribution in [0.1, 0.15) is 36.7 Å². The van der Waals surface area contributed by atoms with Crippen LogP contribution in [-0.2, 0) is 17.6 Å². The van der Waals surface area contributed by atoms with Gasteiger partial charge in [0, 0.05) is 72.0 Å². The molecule has 5 nitrogen and oxygen atoms in total. The van der Waals surface area contributed by atoms with Crippen LogP contribution < -0.4 is 9.64 Å². The molecule has 2 aromatic carbocycles. The van der Waals surface area contributed by atoms with E-state index in [0.29, 0.717) is 13.1 Å². The van der Waals surface area contributed by atoms with Crippen LogP contribution in [0.25, 0.3) is 16.5 Å². The Hall–Kier alpha value is -2.92. The lowest BCUT2D eigenvalue weighted by atomic mass is 9.94. The van der Waals surface area contributed by atoms with E-state index >= 15 is 0 Å². The third kappa shape index (κ3) is 4.34. The maximum absolute atomic E-state index is 13.1. The van der Waals surface area contributed by atoms with Gasteiger partial charge in [0.2, 0.25) is 5.91 Å². The number of allylic oxidation sites excluding steroid dienone is 1. The van der Waals surface area contributed by atoms with Gasteiger partial charge in [0.25, 0.3) is 0 Å². The molecule has 2 aliphatic rings. The van der Waals surface area contributed by atoms with Gasteiger partial charge in [-0.15, -0.1) is 0 Å². The Morgan fingerprint density at radius 2 is 1.88 bits per heavy atom. The Kier molecular flexibility index (Phi) is 6.07. The minimum Gasteiger partial charge on any atom is -0.496 e. The lowest BCUT2D eigenvalue weighted by Crippen LogP contribution is -2.48. The highest BCUT2D eigenvalue weighted by molar-refractivity contribution is 6.30. The van der Waals surface area contributed by atoms with Crippen LogP contribution in [0.4, 0.5) is 5.69 Å². The average Bonchev–Trinajstić information content (AvgIpc) is 3.20. The summed E-state index contributed by atoms with van der Waals surface area (Å²) in [4.78, 5) is 17.3. The summed E-state index contributed by atoms with van der Waals surface area (Å²) in [6.07, 6.45) is 6.15. The van der Waals surface area contributed by atoms with Crippen molar-refractivity contribution in [2.24, 2.45) is 0 Å². The highest BCUT2D eigenvalue weighted by Gasteiger charge is 2.23. The van der Waals surface area contributed by atoms with Gasteiger partial charge in [0.15, 0.2) is 0 Å². The molecule has 1 aromatic heterocycles. The molecule has 33 heavy (non-hydrogen) atoms. The smallest absolute Gasteiger partial charge is 0.246 e. The molecule has 6 heteroatoms. The number of rotatable bonds is 4. The monoisotopic (exact) mass is 464 g/mol. The Bertz CT molecular complexity index is 1220. The van der Waals surface area contributed by atoms with Crippen LogP contribution >= 0.6 is 11.6 Å². The molecule has 1 aliphatic heterocycles. The van der Waals surface area contributed by atoms with E-state index in [-0.39, 0.29) is 5.91 Å². The molecule has 0 saturated carbocycles. The lowest BCUT2D eigenvalue weighted by Gasteiger charge is -2.35. The van der Waals surface area contributed by atoms with Gasteiger partial charge in [-0.2, -0.15) is 0 Å². The molecular formula is C27H29ClN2O3. The summed E-state index contributed by atoms with van der Waals surface area (Å²) >= 11 is 6.14. The Balaban J connectivity index is 1.34. The standard InChI is InChI=1S/C27H29ClN2O3/c1-18(14-27(31)30-12-10-29(11-13-30)20-7-5-6-19(28)15-20)22-16-23-21-8-3-4-9-24(21)33-26(23)17-25(22)32-2/h5-7,14-17H,3-4,8-13H2,1-2H3/b18-14+. The van der Waals surface area contributed by atoms with E-state index in [1.807, 2.05) is 36.1 Å². The van der Waals surface area contributed by atoms with Crippen molar-refractivity contribution in [1.82, 2.24) is 4.90 Å². The summed E-state index contributed by atoms with van der Waals surface area (Å²) in [5, 5.41) is 1.88. The fourth-order valence-corrected chi connectivity index (χ4v) is 5.16. The molecule has 1 aliphatic carbocycles. The number of hydrogen-bond acceptors (Lipinski definition) is 4. The van der Waals surface area contributed by atoms with Crippen molar-refractivity contribution in [2.45, 2.75) is 32.6 Å². The molecular weight excluding hydrogens is 436 g/mol. The van der Waals surface area contributed by atoms with Gasteiger partial charge in [-0.3, -0.25) is 4.79 Å². The quantitative estimate of drug-likeness (QED) is 0.463. The molecule has 172 valence electrons. The van der Waals surface area contributed by atoms with E-state index in [4.69, 9.17) is 20.8 Å². The highest BCUT2D eigenvalue weighted by atomic mass is 35.5. The molecule has 2 heterocycles. The van der Waals surface area contributed by atoms with Crippen molar-refractivity contribution in [1.29, 1.82) is 0 Å². The van der Waals surface area contributed by atoms with Gasteiger partial charge in [0.05, 0.1) is 7.11 Å². The van der Waals surface area contributed by atoms with Crippen molar-refractivity contribution >= 4 is 39.7 Å². The molecule has 0 bridgehead atoms. The summed E-state index contributed by atoms with van der Waals surface area (Å²) in [6.45, 7) is 4.92. The fourth-order valence-electron chi connectivity index (χ4n) is 4.98. The van der Waals surface area contributed by atoms with Crippen molar-refractivity contribution < 1.29 is 13.9 Å². The van der Waals surface area contributed by atoms with Gasteiger partial charge in [-0.1, -0.05) is 17.7 Å². The zero-order valence-corrected chi connectivity index (χ0v) is 20.0. The summed E-state index contributed by atoms with van der Waals surface area (Å²) in [6, 6.07) is 12.0. The second-order valence-electron chi connectivity index (χ2n) is 8.88. The second-order valence-corrected chi connectivity index (χ2v) is 9.32. The number of amides is 1. The topological polar surface area (TPSA) is 45.9 Å². The number of fused-ring (bicyclic) bond motifs is 3. The van der Waals surface area contributed by atoms with Crippen molar-refractivity contribution in [3.05, 3.63) is 64.4 Å². The molecule has 0 unspecified atom stereocenters. The Morgan fingerprint density at radius 3 is 2.64 bits per heavy atom. The zero-order chi connectivity index (χ0) is 22.9. The van der Waals surface area contributed by atoms with Gasteiger partial charge < -0.3 is 19.0 Å². The summed E-state index contributed by atoms with van der Waals surface area (Å²) in [5.41, 5.74) is 5.14. The van der Waals surface area contributed by atoms with Crippen LogP contribution in [0.3, 0.4) is 0 Å². The minimum absolute atomic E-state index is 0.0367. The van der Waals surface area contributed by atoms with Gasteiger partial charge in [-0.05, 0) is 56.0 Å². The van der Waals surface area contributed by atoms with E-state index in [1.54, 1.807) is 13.2 Å². The van der Waals surface area contributed by atoms with Crippen molar-refractivity contribution in [2.75, 3.05) is 38.2 Å². The first-order valence-electron chi connectivity index (χ1n) is 11.6. The number of anilines is 1. The number of hydrogen-bond donors (Lipinski definition) is 0. The highest BCUT2D eigenvalue weighted by Crippen LogP contribution is 2.38. The van der Waals surface area contributed by atoms with E-state index < -0.39 is 0 Å². The molecule has 0 radical (unpaired) electrons. The number of benzene rings is 2. The summed E-state index contributed by atoms with van der Waals surface area (Å²) < 4.78 is 11.8. The summed E-state index contributed by atoms with van der Waals surface area (Å²) in [5.74, 6) is 1.88. The number of methoxy groups -OCH3 is 1. The van der Waals surface area contributed by atoms with Crippen LogP contribution in [0.15, 0.2) is 46.9 Å². The van der Waals surface area contributed by atoms with E-state index in [1.165, 1.54) is 18.4 Å². The lowest BCUT2D eigenvalue weighted by molar-refractivity contribution is -0.126. The van der Waals surface area contributed by atoms with Gasteiger partial charge >= 0.3 is 0 Å². The molecule has 1 saturated heterocycles. The van der Waals surface area contributed by atoms with Crippen molar-refractivity contribution in [3.8, 4) is 5.75 Å². The molecule has 0 spiro atoms. The number of ether oxygens (including phenoxy) is 1. The molecule has 1 amide bonds. The minimum atomic E-state index is 0.0367. The Labute approximate surface area is 199 Å². The first-order valence-corrected chi connectivity index (χ1v) is 12.0. The number of carbonyl (C=O) groups excluding carboxylic acids is 1. The maximum atomic E-state index is 13.1. The van der Waals surface area contributed by atoms with Crippen LogP contribution in [0.2, 0.25) is 5.02 Å². The van der Waals surface area contributed by atoms with E-state index in [2.05, 4.69) is 17.0 Å². The predicted octanol–water partition coefficient (Wildman–Crippen LogP) is 5.73. The number of furan rings is 1. The zero-order valence-electron chi connectivity index (χ0n) is 19.2. The molecule has 0 atom stereocenters. The van der Waals surface area contributed by atoms with Gasteiger partial charge in [0.1, 0.15) is 17.1 Å². The molecule has 1 fully saturated rings. The van der Waals surface area contributed by atoms with Crippen LogP contribution in [0.5, 0.6) is 5.75 Å². The number of carbonyl (C=O) groups is 1. The average molecular weight is 465 g/mol. The number of aryl methyl sites for hydroxylation is 2. The maximum Gasteiger partial charge on any atom is 0.246 e. The first-order chi connectivity index (χ1) is 16.0.